The van der Waals surface area contributed by atoms with E-state index in [0.717, 1.165) is 18.2 Å². The van der Waals surface area contributed by atoms with Gasteiger partial charge in [0, 0.05) is 12.5 Å². The van der Waals surface area contributed by atoms with Crippen LogP contribution in [0.5, 0.6) is 5.75 Å². The molecule has 0 amide bonds. The molecule has 9 heteroatoms. The molecule has 2 aromatic rings. The van der Waals surface area contributed by atoms with Crippen LogP contribution in [0.1, 0.15) is 96.1 Å². The zero-order valence-electron chi connectivity index (χ0n) is 24.1. The predicted molar refractivity (Wildman–Crippen MR) is 139 cm³/mol. The third kappa shape index (κ3) is 14.1. The van der Waals surface area contributed by atoms with Gasteiger partial charge in [-0.1, -0.05) is 69.7 Å². The van der Waals surface area contributed by atoms with Gasteiger partial charge in [0.15, 0.2) is 5.75 Å². The number of aliphatic hydroxyl groups excluding tert-OH is 1. The first kappa shape index (κ1) is 35.8. The summed E-state index contributed by atoms with van der Waals surface area (Å²) >= 11 is 1.43. The molecular weight excluding hydrogens is 498 g/mol. The van der Waals surface area contributed by atoms with Gasteiger partial charge in [0.25, 0.3) is 0 Å². The Hall–Kier alpha value is -0.250. The molecule has 0 fully saturated rings. The first-order chi connectivity index (χ1) is 16.4. The molecule has 0 aliphatic rings. The van der Waals surface area contributed by atoms with Gasteiger partial charge in [-0.3, -0.25) is 9.59 Å². The van der Waals surface area contributed by atoms with Gasteiger partial charge in [0.2, 0.25) is 5.43 Å². The Bertz CT molecular complexity index is 931. The van der Waals surface area contributed by atoms with Crippen LogP contribution in [-0.2, 0) is 17.0 Å². The number of carboxylic acids is 1. The van der Waals surface area contributed by atoms with Gasteiger partial charge >= 0.3 is 65.1 Å². The molecule has 1 aromatic heterocycles. The largest absolute Gasteiger partial charge is 1.00 e. The van der Waals surface area contributed by atoms with Crippen molar-refractivity contribution in [1.29, 1.82) is 0 Å². The van der Waals surface area contributed by atoms with Crippen LogP contribution in [0.15, 0.2) is 45.8 Å². The molecule has 0 aliphatic heterocycles. The van der Waals surface area contributed by atoms with Crippen molar-refractivity contribution in [1.82, 2.24) is 0 Å². The predicted octanol–water partition coefficient (Wildman–Crippen LogP) is 0.462. The maximum Gasteiger partial charge on any atom is 1.00 e. The van der Waals surface area contributed by atoms with E-state index in [1.54, 1.807) is 0 Å². The van der Waals surface area contributed by atoms with Gasteiger partial charge in [-0.15, -0.1) is 11.8 Å². The maximum absolute atomic E-state index is 11.7. The van der Waals surface area contributed by atoms with Crippen molar-refractivity contribution >= 4 is 17.7 Å². The van der Waals surface area contributed by atoms with E-state index in [1.807, 2.05) is 12.1 Å². The minimum Gasteiger partial charge on any atom is -1.00 e. The summed E-state index contributed by atoms with van der Waals surface area (Å²) in [6, 6.07) is 9.51. The summed E-state index contributed by atoms with van der Waals surface area (Å²) in [5, 5.41) is 28.8. The molecule has 2 unspecified atom stereocenters. The number of carboxylic acid groups (broad SMARTS) is 1. The van der Waals surface area contributed by atoms with E-state index < -0.39 is 23.3 Å². The van der Waals surface area contributed by atoms with Crippen molar-refractivity contribution in [3.8, 4) is 5.75 Å². The standard InChI is InChI=1S/C27H38O6S.2Na.2H/c1-2-3-4-5-6-7-8-10-20-13-15-21(16-14-20)27(23(28)11-9-12-26(31)32)34-19-22-17-24(29)25(30)18-33-22;;;;/h13-18,23,27-28,30H,2-12,19H2,1H3,(H,31,32);;;;/q;2*+1;2*-1. The van der Waals surface area contributed by atoms with Gasteiger partial charge in [-0.05, 0) is 36.8 Å². The molecular formula is C27H40Na2O6S. The summed E-state index contributed by atoms with van der Waals surface area (Å²) in [5.74, 6) is -0.561. The van der Waals surface area contributed by atoms with Crippen molar-refractivity contribution in [2.45, 2.75) is 94.7 Å². The summed E-state index contributed by atoms with van der Waals surface area (Å²) in [5.41, 5.74) is 1.72. The summed E-state index contributed by atoms with van der Waals surface area (Å²) in [7, 11) is 0. The van der Waals surface area contributed by atoms with Crippen molar-refractivity contribution in [2.75, 3.05) is 0 Å². The van der Waals surface area contributed by atoms with Gasteiger partial charge < -0.3 is 22.6 Å². The molecule has 0 aliphatic carbocycles. The normalized spacial score (nSPS) is 12.3. The summed E-state index contributed by atoms with van der Waals surface area (Å²) in [6.07, 6.45) is 11.0. The number of hydrogen-bond donors (Lipinski definition) is 3. The second-order valence-corrected chi connectivity index (χ2v) is 9.92. The second kappa shape index (κ2) is 20.7. The summed E-state index contributed by atoms with van der Waals surface area (Å²) in [6.45, 7) is 2.23. The fourth-order valence-electron chi connectivity index (χ4n) is 3.89. The van der Waals surface area contributed by atoms with E-state index in [0.29, 0.717) is 24.4 Å². The third-order valence-electron chi connectivity index (χ3n) is 5.89. The number of aliphatic hydroxyl groups is 1. The molecule has 0 radical (unpaired) electrons. The van der Waals surface area contributed by atoms with Gasteiger partial charge in [0.05, 0.1) is 17.1 Å². The summed E-state index contributed by atoms with van der Waals surface area (Å²) < 4.78 is 5.29. The van der Waals surface area contributed by atoms with Crippen LogP contribution >= 0.6 is 11.8 Å². The molecule has 0 bridgehead atoms. The van der Waals surface area contributed by atoms with E-state index >= 15 is 0 Å². The Morgan fingerprint density at radius 3 is 2.28 bits per heavy atom. The quantitative estimate of drug-likeness (QED) is 0.198. The SMILES string of the molecule is CCCCCCCCCc1ccc(C(SCc2cc(=O)c(O)co2)C(O)CCCC(=O)O)cc1.[H-].[H-].[Na+].[Na+]. The number of aromatic hydroxyl groups is 1. The van der Waals surface area contributed by atoms with E-state index in [1.165, 1.54) is 68.3 Å². The van der Waals surface area contributed by atoms with Crippen LogP contribution in [-0.4, -0.2) is 27.4 Å². The zero-order chi connectivity index (χ0) is 24.8. The van der Waals surface area contributed by atoms with Crippen LogP contribution in [0.2, 0.25) is 0 Å². The van der Waals surface area contributed by atoms with Crippen molar-refractivity contribution in [2.24, 2.45) is 0 Å². The zero-order valence-corrected chi connectivity index (χ0v) is 26.9. The molecule has 1 heterocycles. The van der Waals surface area contributed by atoms with Crippen LogP contribution in [0.3, 0.4) is 0 Å². The Kier molecular flexibility index (Phi) is 20.5. The number of rotatable bonds is 17. The number of carbonyl (C=O) groups is 1. The maximum atomic E-state index is 11.7. The Labute approximate surface area is 266 Å². The minimum absolute atomic E-state index is 0. The average Bonchev–Trinajstić information content (AvgIpc) is 2.81. The van der Waals surface area contributed by atoms with Crippen LogP contribution in [0.4, 0.5) is 0 Å². The van der Waals surface area contributed by atoms with E-state index in [-0.39, 0.29) is 73.6 Å². The fraction of sp³-hybridized carbons (Fsp3) is 0.556. The van der Waals surface area contributed by atoms with Crippen LogP contribution in [0.25, 0.3) is 0 Å². The number of benzene rings is 1. The molecule has 2 atom stereocenters. The fourth-order valence-corrected chi connectivity index (χ4v) is 5.10. The Morgan fingerprint density at radius 1 is 1.03 bits per heavy atom. The molecule has 3 N–H and O–H groups in total. The van der Waals surface area contributed by atoms with Gasteiger partial charge in [-0.25, -0.2) is 0 Å². The molecule has 0 saturated carbocycles. The first-order valence-corrected chi connectivity index (χ1v) is 13.4. The monoisotopic (exact) mass is 538 g/mol. The van der Waals surface area contributed by atoms with E-state index in [9.17, 15) is 19.8 Å². The Morgan fingerprint density at radius 2 is 1.67 bits per heavy atom. The molecule has 6 nitrogen and oxygen atoms in total. The topological polar surface area (TPSA) is 108 Å². The number of hydrogen-bond acceptors (Lipinski definition) is 6. The number of aryl methyl sites for hydroxylation is 1. The van der Waals surface area contributed by atoms with Crippen molar-refractivity contribution in [3.05, 3.63) is 63.7 Å². The van der Waals surface area contributed by atoms with Crippen molar-refractivity contribution < 1.29 is 86.5 Å². The molecule has 192 valence electrons. The van der Waals surface area contributed by atoms with Crippen molar-refractivity contribution in [3.63, 3.8) is 0 Å². The van der Waals surface area contributed by atoms with Gasteiger partial charge in [-0.2, -0.15) is 0 Å². The van der Waals surface area contributed by atoms with Crippen LogP contribution < -0.4 is 64.5 Å². The summed E-state index contributed by atoms with van der Waals surface area (Å²) in [4.78, 5) is 22.5. The van der Waals surface area contributed by atoms with E-state index in [4.69, 9.17) is 9.52 Å². The number of unbranched alkanes of at least 4 members (excludes halogenated alkanes) is 6. The minimum atomic E-state index is -0.878. The molecule has 0 saturated heterocycles. The average molecular weight is 539 g/mol. The number of thioether (sulfide) groups is 1. The van der Waals surface area contributed by atoms with Crippen LogP contribution in [0, 0.1) is 0 Å². The van der Waals surface area contributed by atoms with E-state index in [2.05, 4.69) is 19.1 Å². The molecule has 1 aromatic carbocycles. The third-order valence-corrected chi connectivity index (χ3v) is 7.29. The Balaban J connectivity index is -0.00000306. The second-order valence-electron chi connectivity index (χ2n) is 8.79. The number of aliphatic carboxylic acids is 1. The van der Waals surface area contributed by atoms with Gasteiger partial charge in [0.1, 0.15) is 12.0 Å². The molecule has 2 rings (SSSR count). The first-order valence-electron chi connectivity index (χ1n) is 12.3. The molecule has 0 spiro atoms. The molecule has 36 heavy (non-hydrogen) atoms. The smallest absolute Gasteiger partial charge is 1.00 e.